The van der Waals surface area contributed by atoms with Gasteiger partial charge in [-0.2, -0.15) is 0 Å². The van der Waals surface area contributed by atoms with Crippen LogP contribution in [-0.2, 0) is 0 Å². The van der Waals surface area contributed by atoms with Crippen molar-refractivity contribution in [2.24, 2.45) is 5.92 Å². The Morgan fingerprint density at radius 1 is 1.28 bits per heavy atom. The third kappa shape index (κ3) is 3.14. The molecule has 1 amide bonds. The average molecular weight is 310 g/mol. The van der Waals surface area contributed by atoms with Gasteiger partial charge in [0.1, 0.15) is 0 Å². The van der Waals surface area contributed by atoms with Crippen molar-refractivity contribution in [3.63, 3.8) is 0 Å². The normalized spacial score (nSPS) is 23.7. The first-order valence-corrected chi connectivity index (χ1v) is 7.43. The Kier molecular flexibility index (Phi) is 4.44. The molecule has 2 rings (SSSR count). The molecule has 0 heterocycles. The highest BCUT2D eigenvalue weighted by molar-refractivity contribution is 9.10. The number of nitrogens with one attached hydrogen (secondary N) is 1. The zero-order valence-electron chi connectivity index (χ0n) is 11.0. The number of aryl methyl sites for hydroxylation is 1. The second kappa shape index (κ2) is 5.87. The van der Waals surface area contributed by atoms with Crippen LogP contribution in [0.15, 0.2) is 22.7 Å². The Labute approximate surface area is 117 Å². The molecule has 0 spiro atoms. The van der Waals surface area contributed by atoms with Gasteiger partial charge in [-0.05, 0) is 66.1 Å². The summed E-state index contributed by atoms with van der Waals surface area (Å²) in [6.07, 6.45) is 4.66. The predicted molar refractivity (Wildman–Crippen MR) is 77.8 cm³/mol. The molecule has 0 aliphatic heterocycles. The maximum Gasteiger partial charge on any atom is 0.252 e. The van der Waals surface area contributed by atoms with Crippen molar-refractivity contribution in [1.29, 1.82) is 0 Å². The molecule has 18 heavy (non-hydrogen) atoms. The van der Waals surface area contributed by atoms with E-state index >= 15 is 0 Å². The number of hydrogen-bond acceptors (Lipinski definition) is 1. The Morgan fingerprint density at radius 3 is 2.61 bits per heavy atom. The van der Waals surface area contributed by atoms with E-state index in [1.54, 1.807) is 0 Å². The van der Waals surface area contributed by atoms with Crippen LogP contribution in [0.2, 0.25) is 0 Å². The molecule has 0 aromatic heterocycles. The van der Waals surface area contributed by atoms with E-state index in [4.69, 9.17) is 0 Å². The van der Waals surface area contributed by atoms with Crippen molar-refractivity contribution in [2.45, 2.75) is 45.6 Å². The molecule has 1 aromatic rings. The van der Waals surface area contributed by atoms with Gasteiger partial charge in [-0.3, -0.25) is 4.79 Å². The molecular formula is C15H20BrNO. The number of benzene rings is 1. The average Bonchev–Trinajstić information content (AvgIpc) is 2.35. The SMILES string of the molecule is Cc1cccc(C(=O)NC2CCC(C)CC2)c1Br. The maximum absolute atomic E-state index is 12.2. The second-order valence-electron chi connectivity index (χ2n) is 5.37. The Bertz CT molecular complexity index is 436. The van der Waals surface area contributed by atoms with E-state index in [0.717, 1.165) is 34.4 Å². The quantitative estimate of drug-likeness (QED) is 0.876. The molecule has 1 N–H and O–H groups in total. The molecule has 1 aliphatic carbocycles. The lowest BCUT2D eigenvalue weighted by Crippen LogP contribution is -2.37. The van der Waals surface area contributed by atoms with Crippen molar-refractivity contribution in [3.8, 4) is 0 Å². The van der Waals surface area contributed by atoms with Gasteiger partial charge in [-0.15, -0.1) is 0 Å². The molecule has 1 saturated carbocycles. The van der Waals surface area contributed by atoms with Crippen LogP contribution < -0.4 is 5.32 Å². The third-order valence-electron chi connectivity index (χ3n) is 3.79. The largest absolute Gasteiger partial charge is 0.349 e. The smallest absolute Gasteiger partial charge is 0.252 e. The number of halogens is 1. The van der Waals surface area contributed by atoms with Crippen LogP contribution in [0.1, 0.15) is 48.5 Å². The van der Waals surface area contributed by atoms with E-state index in [1.807, 2.05) is 25.1 Å². The fraction of sp³-hybridized carbons (Fsp3) is 0.533. The van der Waals surface area contributed by atoms with Gasteiger partial charge in [-0.25, -0.2) is 0 Å². The molecule has 2 nitrogen and oxygen atoms in total. The highest BCUT2D eigenvalue weighted by atomic mass is 79.9. The summed E-state index contributed by atoms with van der Waals surface area (Å²) in [5, 5.41) is 3.15. The van der Waals surface area contributed by atoms with Crippen molar-refractivity contribution < 1.29 is 4.79 Å². The fourth-order valence-electron chi connectivity index (χ4n) is 2.49. The van der Waals surface area contributed by atoms with Gasteiger partial charge >= 0.3 is 0 Å². The first kappa shape index (κ1) is 13.6. The zero-order valence-corrected chi connectivity index (χ0v) is 12.6. The first-order chi connectivity index (χ1) is 8.58. The number of amides is 1. The summed E-state index contributed by atoms with van der Waals surface area (Å²) in [7, 11) is 0. The minimum Gasteiger partial charge on any atom is -0.349 e. The maximum atomic E-state index is 12.2. The van der Waals surface area contributed by atoms with Gasteiger partial charge in [0.2, 0.25) is 0 Å². The summed E-state index contributed by atoms with van der Waals surface area (Å²) < 4.78 is 0.909. The van der Waals surface area contributed by atoms with Gasteiger partial charge in [-0.1, -0.05) is 19.1 Å². The van der Waals surface area contributed by atoms with E-state index in [1.165, 1.54) is 12.8 Å². The van der Waals surface area contributed by atoms with E-state index < -0.39 is 0 Å². The number of hydrogen-bond donors (Lipinski definition) is 1. The Morgan fingerprint density at radius 2 is 1.94 bits per heavy atom. The summed E-state index contributed by atoms with van der Waals surface area (Å²) in [6, 6.07) is 6.15. The topological polar surface area (TPSA) is 29.1 Å². The van der Waals surface area contributed by atoms with E-state index in [9.17, 15) is 4.79 Å². The van der Waals surface area contributed by atoms with Crippen LogP contribution in [0.5, 0.6) is 0 Å². The summed E-state index contributed by atoms with van der Waals surface area (Å²) >= 11 is 3.49. The highest BCUT2D eigenvalue weighted by Crippen LogP contribution is 2.25. The number of rotatable bonds is 2. The molecule has 1 aliphatic rings. The Hall–Kier alpha value is -0.830. The van der Waals surface area contributed by atoms with Crippen LogP contribution in [0.3, 0.4) is 0 Å². The highest BCUT2D eigenvalue weighted by Gasteiger charge is 2.21. The predicted octanol–water partition coefficient (Wildman–Crippen LogP) is 4.07. The Balaban J connectivity index is 2.01. The van der Waals surface area contributed by atoms with Gasteiger partial charge in [0, 0.05) is 10.5 Å². The van der Waals surface area contributed by atoms with Crippen molar-refractivity contribution in [3.05, 3.63) is 33.8 Å². The van der Waals surface area contributed by atoms with Crippen molar-refractivity contribution >= 4 is 21.8 Å². The zero-order chi connectivity index (χ0) is 13.1. The molecule has 1 fully saturated rings. The molecule has 0 saturated heterocycles. The summed E-state index contributed by atoms with van der Waals surface area (Å²) in [4.78, 5) is 12.2. The summed E-state index contributed by atoms with van der Waals surface area (Å²) in [5.74, 6) is 0.856. The van der Waals surface area contributed by atoms with Gasteiger partial charge in [0.15, 0.2) is 0 Å². The van der Waals surface area contributed by atoms with Gasteiger partial charge in [0.05, 0.1) is 5.56 Å². The summed E-state index contributed by atoms with van der Waals surface area (Å²) in [6.45, 7) is 4.29. The molecule has 0 radical (unpaired) electrons. The minimum absolute atomic E-state index is 0.0464. The van der Waals surface area contributed by atoms with Crippen molar-refractivity contribution in [1.82, 2.24) is 5.32 Å². The molecule has 0 unspecified atom stereocenters. The molecule has 0 bridgehead atoms. The lowest BCUT2D eigenvalue weighted by Gasteiger charge is -2.27. The fourth-order valence-corrected chi connectivity index (χ4v) is 2.93. The second-order valence-corrected chi connectivity index (χ2v) is 6.16. The minimum atomic E-state index is 0.0464. The summed E-state index contributed by atoms with van der Waals surface area (Å²) in [5.41, 5.74) is 1.84. The van der Waals surface area contributed by atoms with Crippen LogP contribution >= 0.6 is 15.9 Å². The molecule has 98 valence electrons. The molecule has 0 atom stereocenters. The van der Waals surface area contributed by atoms with Crippen LogP contribution in [0.4, 0.5) is 0 Å². The standard InChI is InChI=1S/C15H20BrNO/c1-10-6-8-12(9-7-10)17-15(18)13-5-3-4-11(2)14(13)16/h3-5,10,12H,6-9H2,1-2H3,(H,17,18). The van der Waals surface area contributed by atoms with E-state index in [2.05, 4.69) is 28.2 Å². The van der Waals surface area contributed by atoms with E-state index in [-0.39, 0.29) is 5.91 Å². The monoisotopic (exact) mass is 309 g/mol. The number of carbonyl (C=O) groups is 1. The number of carbonyl (C=O) groups excluding carboxylic acids is 1. The third-order valence-corrected chi connectivity index (χ3v) is 4.84. The van der Waals surface area contributed by atoms with Crippen LogP contribution in [0.25, 0.3) is 0 Å². The van der Waals surface area contributed by atoms with Crippen LogP contribution in [0, 0.1) is 12.8 Å². The lowest BCUT2D eigenvalue weighted by molar-refractivity contribution is 0.0922. The van der Waals surface area contributed by atoms with Crippen LogP contribution in [-0.4, -0.2) is 11.9 Å². The molecule has 1 aromatic carbocycles. The lowest BCUT2D eigenvalue weighted by atomic mass is 9.87. The molecule has 3 heteroatoms. The van der Waals surface area contributed by atoms with Gasteiger partial charge in [0.25, 0.3) is 5.91 Å². The molecular weight excluding hydrogens is 290 g/mol. The van der Waals surface area contributed by atoms with Gasteiger partial charge < -0.3 is 5.32 Å². The first-order valence-electron chi connectivity index (χ1n) is 6.64. The van der Waals surface area contributed by atoms with E-state index in [0.29, 0.717) is 6.04 Å². The van der Waals surface area contributed by atoms with Crippen molar-refractivity contribution in [2.75, 3.05) is 0 Å².